The number of nitrogens with one attached hydrogen (secondary N) is 2. The molecule has 0 amide bonds. The average molecular weight is 250 g/mol. The van der Waals surface area contributed by atoms with Gasteiger partial charge in [0.05, 0.1) is 0 Å². The van der Waals surface area contributed by atoms with E-state index in [1.807, 2.05) is 6.92 Å². The van der Waals surface area contributed by atoms with Crippen molar-refractivity contribution in [2.24, 2.45) is 0 Å². The fourth-order valence-electron chi connectivity index (χ4n) is 1.74. The Hall–Kier alpha value is -1.95. The summed E-state index contributed by atoms with van der Waals surface area (Å²) >= 11 is 0. The summed E-state index contributed by atoms with van der Waals surface area (Å²) in [5.74, 6) is 0.320. The fraction of sp³-hybridized carbons (Fsp3) is 0.333. The first kappa shape index (κ1) is 12.5. The van der Waals surface area contributed by atoms with Crippen LogP contribution in [-0.2, 0) is 6.42 Å². The van der Waals surface area contributed by atoms with Crippen molar-refractivity contribution in [2.45, 2.75) is 19.4 Å². The molecule has 0 aliphatic rings. The summed E-state index contributed by atoms with van der Waals surface area (Å²) in [6, 6.07) is 4.04. The molecule has 0 aliphatic heterocycles. The van der Waals surface area contributed by atoms with Crippen LogP contribution in [0.15, 0.2) is 24.5 Å². The van der Waals surface area contributed by atoms with Crippen LogP contribution in [0.25, 0.3) is 0 Å². The summed E-state index contributed by atoms with van der Waals surface area (Å²) in [6.45, 7) is 2.53. The van der Waals surface area contributed by atoms with Crippen molar-refractivity contribution in [3.63, 3.8) is 0 Å². The Morgan fingerprint density at radius 3 is 3.00 bits per heavy atom. The topological polar surface area (TPSA) is 73.8 Å². The van der Waals surface area contributed by atoms with Crippen LogP contribution in [0.4, 0.5) is 4.39 Å². The molecule has 1 atom stereocenters. The monoisotopic (exact) mass is 250 g/mol. The highest BCUT2D eigenvalue weighted by Crippen LogP contribution is 2.20. The van der Waals surface area contributed by atoms with Gasteiger partial charge in [-0.3, -0.25) is 5.10 Å². The molecular weight excluding hydrogens is 235 g/mol. The Morgan fingerprint density at radius 1 is 1.50 bits per heavy atom. The average Bonchev–Trinajstić information content (AvgIpc) is 2.81. The zero-order valence-electron chi connectivity index (χ0n) is 10.0. The quantitative estimate of drug-likeness (QED) is 0.752. The Kier molecular flexibility index (Phi) is 3.88. The van der Waals surface area contributed by atoms with E-state index >= 15 is 0 Å². The van der Waals surface area contributed by atoms with Gasteiger partial charge in [-0.1, -0.05) is 6.07 Å². The zero-order chi connectivity index (χ0) is 13.0. The second-order valence-electron chi connectivity index (χ2n) is 4.06. The minimum atomic E-state index is -0.408. The smallest absolute Gasteiger partial charge is 0.137 e. The van der Waals surface area contributed by atoms with E-state index in [0.29, 0.717) is 18.5 Å². The number of aromatic amines is 1. The van der Waals surface area contributed by atoms with E-state index in [1.165, 1.54) is 12.4 Å². The number of nitrogens with zero attached hydrogens (tertiary/aromatic N) is 2. The molecule has 2 aromatic rings. The van der Waals surface area contributed by atoms with Crippen LogP contribution in [-0.4, -0.2) is 26.8 Å². The number of halogens is 1. The fourth-order valence-corrected chi connectivity index (χ4v) is 1.74. The Labute approximate surface area is 104 Å². The molecule has 0 fully saturated rings. The van der Waals surface area contributed by atoms with E-state index in [9.17, 15) is 4.39 Å². The summed E-state index contributed by atoms with van der Waals surface area (Å²) in [4.78, 5) is 4.00. The van der Waals surface area contributed by atoms with E-state index in [2.05, 4.69) is 20.5 Å². The van der Waals surface area contributed by atoms with Gasteiger partial charge in [0.2, 0.25) is 0 Å². The van der Waals surface area contributed by atoms with Crippen molar-refractivity contribution < 1.29 is 9.50 Å². The highest BCUT2D eigenvalue weighted by Gasteiger charge is 2.10. The third-order valence-electron chi connectivity index (χ3n) is 2.73. The third-order valence-corrected chi connectivity index (χ3v) is 2.73. The summed E-state index contributed by atoms with van der Waals surface area (Å²) < 4.78 is 13.6. The second-order valence-corrected chi connectivity index (χ2v) is 4.06. The number of H-pyrrole nitrogens is 1. The first-order valence-electron chi connectivity index (χ1n) is 5.73. The third kappa shape index (κ3) is 3.04. The van der Waals surface area contributed by atoms with Crippen LogP contribution in [0, 0.1) is 5.82 Å². The van der Waals surface area contributed by atoms with Gasteiger partial charge in [-0.2, -0.15) is 5.10 Å². The normalized spacial score (nSPS) is 12.6. The number of aromatic hydroxyl groups is 1. The largest absolute Gasteiger partial charge is 0.508 e. The molecule has 0 bridgehead atoms. The maximum absolute atomic E-state index is 13.6. The molecule has 1 heterocycles. The molecule has 2 rings (SSSR count). The van der Waals surface area contributed by atoms with Crippen LogP contribution in [0.2, 0.25) is 0 Å². The van der Waals surface area contributed by atoms with Gasteiger partial charge in [0.25, 0.3) is 0 Å². The maximum atomic E-state index is 13.6. The van der Waals surface area contributed by atoms with Gasteiger partial charge in [0.15, 0.2) is 0 Å². The van der Waals surface area contributed by atoms with E-state index in [0.717, 1.165) is 11.9 Å². The Balaban J connectivity index is 1.89. The number of hydrogen-bond donors (Lipinski definition) is 3. The summed E-state index contributed by atoms with van der Waals surface area (Å²) in [7, 11) is 0. The van der Waals surface area contributed by atoms with E-state index in [4.69, 9.17) is 5.11 Å². The summed E-state index contributed by atoms with van der Waals surface area (Å²) in [5.41, 5.74) is 0.533. The molecule has 1 unspecified atom stereocenters. The second kappa shape index (κ2) is 5.59. The first-order chi connectivity index (χ1) is 8.66. The van der Waals surface area contributed by atoms with E-state index in [1.54, 1.807) is 6.07 Å². The Bertz CT molecular complexity index is 501. The zero-order valence-corrected chi connectivity index (χ0v) is 10.0. The van der Waals surface area contributed by atoms with Gasteiger partial charge in [0, 0.05) is 30.6 Å². The molecule has 5 nitrogen and oxygen atoms in total. The van der Waals surface area contributed by atoms with E-state index in [-0.39, 0.29) is 11.8 Å². The lowest BCUT2D eigenvalue weighted by Gasteiger charge is -2.14. The van der Waals surface area contributed by atoms with Crippen LogP contribution in [0.1, 0.15) is 24.4 Å². The van der Waals surface area contributed by atoms with Crippen molar-refractivity contribution in [1.29, 1.82) is 0 Å². The highest BCUT2D eigenvalue weighted by atomic mass is 19.1. The maximum Gasteiger partial charge on any atom is 0.137 e. The number of benzene rings is 1. The lowest BCUT2D eigenvalue weighted by molar-refractivity contribution is 0.463. The lowest BCUT2D eigenvalue weighted by Crippen LogP contribution is -2.22. The number of hydrogen-bond acceptors (Lipinski definition) is 4. The predicted molar refractivity (Wildman–Crippen MR) is 64.6 cm³/mol. The van der Waals surface area contributed by atoms with Crippen molar-refractivity contribution in [1.82, 2.24) is 20.5 Å². The van der Waals surface area contributed by atoms with Gasteiger partial charge in [0.1, 0.15) is 23.7 Å². The van der Waals surface area contributed by atoms with Gasteiger partial charge in [-0.15, -0.1) is 0 Å². The minimum Gasteiger partial charge on any atom is -0.508 e. The van der Waals surface area contributed by atoms with E-state index < -0.39 is 5.82 Å². The molecular formula is C12H15FN4O. The number of phenolic OH excluding ortho intramolecular Hbond substituents is 1. The van der Waals surface area contributed by atoms with Gasteiger partial charge in [-0.25, -0.2) is 9.37 Å². The van der Waals surface area contributed by atoms with Gasteiger partial charge >= 0.3 is 0 Å². The number of phenols is 1. The number of rotatable bonds is 5. The van der Waals surface area contributed by atoms with Gasteiger partial charge < -0.3 is 10.4 Å². The minimum absolute atomic E-state index is 0.0647. The SMILES string of the molecule is CC(NCCc1ncn[nH]1)c1ccc(O)cc1F. The van der Waals surface area contributed by atoms with Crippen LogP contribution < -0.4 is 5.32 Å². The van der Waals surface area contributed by atoms with Gasteiger partial charge in [-0.05, 0) is 13.0 Å². The predicted octanol–water partition coefficient (Wildman–Crippen LogP) is 1.54. The Morgan fingerprint density at radius 2 is 2.33 bits per heavy atom. The molecule has 0 saturated heterocycles. The molecule has 0 saturated carbocycles. The molecule has 1 aromatic carbocycles. The highest BCUT2D eigenvalue weighted by molar-refractivity contribution is 5.29. The molecule has 18 heavy (non-hydrogen) atoms. The van der Waals surface area contributed by atoms with Crippen molar-refractivity contribution in [2.75, 3.05) is 6.54 Å². The number of aromatic nitrogens is 3. The molecule has 6 heteroatoms. The van der Waals surface area contributed by atoms with Crippen LogP contribution >= 0.6 is 0 Å². The molecule has 1 aromatic heterocycles. The molecule has 96 valence electrons. The van der Waals surface area contributed by atoms with Crippen molar-refractivity contribution in [3.8, 4) is 5.75 Å². The van der Waals surface area contributed by atoms with Crippen LogP contribution in [0.3, 0.4) is 0 Å². The first-order valence-corrected chi connectivity index (χ1v) is 5.73. The standard InChI is InChI=1S/C12H15FN4O/c1-8(10-3-2-9(18)6-11(10)13)14-5-4-12-15-7-16-17-12/h2-3,6-8,14,18H,4-5H2,1H3,(H,15,16,17). The molecule has 3 N–H and O–H groups in total. The van der Waals surface area contributed by atoms with Crippen LogP contribution in [0.5, 0.6) is 5.75 Å². The van der Waals surface area contributed by atoms with Crippen molar-refractivity contribution >= 4 is 0 Å². The summed E-state index contributed by atoms with van der Waals surface area (Å²) in [6.07, 6.45) is 2.16. The lowest BCUT2D eigenvalue weighted by atomic mass is 10.1. The molecule has 0 aliphatic carbocycles. The summed E-state index contributed by atoms with van der Waals surface area (Å²) in [5, 5.41) is 18.8. The van der Waals surface area contributed by atoms with Crippen molar-refractivity contribution in [3.05, 3.63) is 41.7 Å². The molecule has 0 spiro atoms. The molecule has 0 radical (unpaired) electrons.